The molecule has 37 heavy (non-hydrogen) atoms. The summed E-state index contributed by atoms with van der Waals surface area (Å²) in [5, 5.41) is 13.4. The van der Waals surface area contributed by atoms with E-state index in [1.54, 1.807) is 15.9 Å². The lowest BCUT2D eigenvalue weighted by atomic mass is 9.97. The fourth-order valence-corrected chi connectivity index (χ4v) is 7.27. The zero-order valence-corrected chi connectivity index (χ0v) is 22.1. The van der Waals surface area contributed by atoms with Crippen molar-refractivity contribution in [2.24, 2.45) is 0 Å². The second-order valence-electron chi connectivity index (χ2n) is 9.43. The summed E-state index contributed by atoms with van der Waals surface area (Å²) in [4.78, 5) is 28.8. The fraction of sp³-hybridized carbons (Fsp3) is 0.286. The highest BCUT2D eigenvalue weighted by atomic mass is 32.2. The van der Waals surface area contributed by atoms with Gasteiger partial charge in [0.15, 0.2) is 5.16 Å². The van der Waals surface area contributed by atoms with Gasteiger partial charge >= 0.3 is 0 Å². The summed E-state index contributed by atoms with van der Waals surface area (Å²) >= 11 is 3.02. The molecule has 0 spiro atoms. The van der Waals surface area contributed by atoms with Gasteiger partial charge in [-0.1, -0.05) is 60.3 Å². The molecule has 5 aromatic rings. The number of aromatic nitrogens is 4. The van der Waals surface area contributed by atoms with Gasteiger partial charge in [-0.2, -0.15) is 0 Å². The lowest BCUT2D eigenvalue weighted by Gasteiger charge is -2.14. The van der Waals surface area contributed by atoms with Crippen LogP contribution in [-0.2, 0) is 24.1 Å². The fourth-order valence-electron chi connectivity index (χ4n) is 5.09. The highest BCUT2D eigenvalue weighted by molar-refractivity contribution is 7.99. The van der Waals surface area contributed by atoms with Crippen LogP contribution in [-0.4, -0.2) is 36.9 Å². The molecule has 0 bridgehead atoms. The molecule has 188 valence electrons. The number of amides is 1. The van der Waals surface area contributed by atoms with Crippen molar-refractivity contribution in [1.29, 1.82) is 0 Å². The second kappa shape index (κ2) is 10.1. The van der Waals surface area contributed by atoms with Crippen molar-refractivity contribution in [3.05, 3.63) is 87.0 Å². The van der Waals surface area contributed by atoms with E-state index >= 15 is 0 Å². The number of hydrogen-bond donors (Lipinski definition) is 1. The number of rotatable bonds is 7. The van der Waals surface area contributed by atoms with Crippen molar-refractivity contribution in [3.8, 4) is 5.69 Å². The van der Waals surface area contributed by atoms with Crippen molar-refractivity contribution in [3.63, 3.8) is 0 Å². The lowest BCUT2D eigenvalue weighted by Crippen LogP contribution is -2.35. The Morgan fingerprint density at radius 2 is 1.78 bits per heavy atom. The topological polar surface area (TPSA) is 81.3 Å². The maximum Gasteiger partial charge on any atom is 0.268 e. The second-order valence-corrected chi connectivity index (χ2v) is 11.5. The molecule has 1 amide bonds. The van der Waals surface area contributed by atoms with Gasteiger partial charge in [0.2, 0.25) is 11.7 Å². The molecule has 1 N–H and O–H groups in total. The monoisotopic (exact) mass is 529 g/mol. The first-order chi connectivity index (χ1) is 18.1. The van der Waals surface area contributed by atoms with Gasteiger partial charge < -0.3 is 5.32 Å². The number of thioether (sulfide) groups is 1. The molecule has 7 nitrogen and oxygen atoms in total. The van der Waals surface area contributed by atoms with Gasteiger partial charge in [-0.3, -0.25) is 9.59 Å². The molecule has 2 aromatic carbocycles. The quantitative estimate of drug-likeness (QED) is 0.306. The number of benzene rings is 2. The van der Waals surface area contributed by atoms with Gasteiger partial charge in [-0.25, -0.2) is 8.97 Å². The van der Waals surface area contributed by atoms with Crippen molar-refractivity contribution in [1.82, 2.24) is 24.5 Å². The number of aryl methyl sites for hydroxylation is 2. The number of nitrogens with one attached hydrogen (secondary N) is 1. The third kappa shape index (κ3) is 4.57. The Bertz CT molecular complexity index is 1640. The van der Waals surface area contributed by atoms with E-state index in [1.807, 2.05) is 59.9 Å². The van der Waals surface area contributed by atoms with Crippen molar-refractivity contribution < 1.29 is 4.79 Å². The van der Waals surface area contributed by atoms with Crippen LogP contribution in [0.3, 0.4) is 0 Å². The van der Waals surface area contributed by atoms with E-state index in [1.165, 1.54) is 27.8 Å². The minimum Gasteiger partial charge on any atom is -0.353 e. The van der Waals surface area contributed by atoms with E-state index in [0.29, 0.717) is 10.9 Å². The van der Waals surface area contributed by atoms with Crippen molar-refractivity contribution >= 4 is 45.0 Å². The maximum absolute atomic E-state index is 13.8. The Labute approximate surface area is 222 Å². The summed E-state index contributed by atoms with van der Waals surface area (Å²) in [6.45, 7) is 2.01. The molecule has 3 heterocycles. The first kappa shape index (κ1) is 23.9. The van der Waals surface area contributed by atoms with Gasteiger partial charge in [0.25, 0.3) is 5.56 Å². The Morgan fingerprint density at radius 1 is 1.05 bits per heavy atom. The molecule has 1 aliphatic carbocycles. The number of para-hydroxylation sites is 1. The molecule has 0 fully saturated rings. The Kier molecular flexibility index (Phi) is 6.56. The summed E-state index contributed by atoms with van der Waals surface area (Å²) in [7, 11) is 0. The van der Waals surface area contributed by atoms with Gasteiger partial charge in [0.1, 0.15) is 4.83 Å². The van der Waals surface area contributed by atoms with Crippen molar-refractivity contribution in [2.75, 3.05) is 5.75 Å². The summed E-state index contributed by atoms with van der Waals surface area (Å²) < 4.78 is 3.63. The normalized spacial score (nSPS) is 14.1. The van der Waals surface area contributed by atoms with Crippen molar-refractivity contribution in [2.45, 2.75) is 50.2 Å². The number of thiophene rings is 1. The average molecular weight is 530 g/mol. The third-order valence-corrected chi connectivity index (χ3v) is 8.93. The highest BCUT2D eigenvalue weighted by Gasteiger charge is 2.25. The molecule has 0 radical (unpaired) electrons. The van der Waals surface area contributed by atoms with Gasteiger partial charge in [0, 0.05) is 10.9 Å². The first-order valence-electron chi connectivity index (χ1n) is 12.6. The van der Waals surface area contributed by atoms with Crippen LogP contribution in [0.2, 0.25) is 0 Å². The summed E-state index contributed by atoms with van der Waals surface area (Å²) in [6, 6.07) is 19.7. The van der Waals surface area contributed by atoms with Gasteiger partial charge in [-0.05, 0) is 62.3 Å². The Hall–Kier alpha value is -3.43. The van der Waals surface area contributed by atoms with Gasteiger partial charge in [0.05, 0.1) is 16.8 Å². The molecule has 0 saturated carbocycles. The number of hydrogen-bond acceptors (Lipinski definition) is 6. The smallest absolute Gasteiger partial charge is 0.268 e. The minimum atomic E-state index is -0.0525. The van der Waals surface area contributed by atoms with E-state index in [-0.39, 0.29) is 23.3 Å². The molecule has 0 aliphatic heterocycles. The van der Waals surface area contributed by atoms with E-state index in [9.17, 15) is 9.59 Å². The standard InChI is InChI=1S/C28H27N5O2S2/c1-18(16-19-10-4-2-5-11-19)29-23(34)17-36-28-31-30-27-32(20-12-6-3-7-13-20)25(35)24-21-14-8-9-15-22(21)37-26(24)33(27)28/h2-7,10-13,18H,8-9,14-17H2,1H3,(H,29,34). The average Bonchev–Trinajstić information content (AvgIpc) is 3.50. The maximum atomic E-state index is 13.8. The SMILES string of the molecule is CC(Cc1ccccc1)NC(=O)CSc1nnc2n(-c3ccccc3)c(=O)c3c4c(sc3n12)CCCC4. The Balaban J connectivity index is 1.34. The minimum absolute atomic E-state index is 0.0182. The highest BCUT2D eigenvalue weighted by Crippen LogP contribution is 2.36. The van der Waals surface area contributed by atoms with E-state index in [2.05, 4.69) is 27.6 Å². The number of carbonyl (C=O) groups is 1. The number of fused-ring (bicyclic) bond motifs is 5. The zero-order valence-electron chi connectivity index (χ0n) is 20.5. The lowest BCUT2D eigenvalue weighted by molar-refractivity contribution is -0.119. The van der Waals surface area contributed by atoms with E-state index in [0.717, 1.165) is 48.0 Å². The van der Waals surface area contributed by atoms with Crippen LogP contribution >= 0.6 is 23.1 Å². The first-order valence-corrected chi connectivity index (χ1v) is 14.4. The van der Waals surface area contributed by atoms with Crippen LogP contribution < -0.4 is 10.9 Å². The molecule has 1 aliphatic rings. The third-order valence-electron chi connectivity index (χ3n) is 6.73. The summed E-state index contributed by atoms with van der Waals surface area (Å²) in [6.07, 6.45) is 4.91. The molecular weight excluding hydrogens is 502 g/mol. The molecule has 1 unspecified atom stereocenters. The van der Waals surface area contributed by atoms with Crippen LogP contribution in [0, 0.1) is 0 Å². The van der Waals surface area contributed by atoms with Crippen LogP contribution in [0.25, 0.3) is 21.7 Å². The van der Waals surface area contributed by atoms with Crippen LogP contribution in [0.15, 0.2) is 70.6 Å². The predicted molar refractivity (Wildman–Crippen MR) is 149 cm³/mol. The molecule has 0 saturated heterocycles. The zero-order chi connectivity index (χ0) is 25.4. The van der Waals surface area contributed by atoms with Crippen LogP contribution in [0.1, 0.15) is 35.8 Å². The van der Waals surface area contributed by atoms with Crippen LogP contribution in [0.4, 0.5) is 0 Å². The molecule has 3 aromatic heterocycles. The van der Waals surface area contributed by atoms with Crippen LogP contribution in [0.5, 0.6) is 0 Å². The van der Waals surface area contributed by atoms with E-state index < -0.39 is 0 Å². The molecular formula is C28H27N5O2S2. The molecule has 9 heteroatoms. The summed E-state index contributed by atoms with van der Waals surface area (Å²) in [5.74, 6) is 0.641. The number of carbonyl (C=O) groups excluding carboxylic acids is 1. The van der Waals surface area contributed by atoms with Gasteiger partial charge in [-0.15, -0.1) is 21.5 Å². The largest absolute Gasteiger partial charge is 0.353 e. The number of nitrogens with zero attached hydrogens (tertiary/aromatic N) is 4. The van der Waals surface area contributed by atoms with E-state index in [4.69, 9.17) is 0 Å². The predicted octanol–water partition coefficient (Wildman–Crippen LogP) is 4.81. The Morgan fingerprint density at radius 3 is 2.57 bits per heavy atom. The summed E-state index contributed by atoms with van der Waals surface area (Å²) in [5.41, 5.74) is 3.06. The molecule has 1 atom stereocenters. The molecule has 6 rings (SSSR count).